The fourth-order valence-electron chi connectivity index (χ4n) is 5.59. The normalized spacial score (nSPS) is 30.3. The third kappa shape index (κ3) is 3.06. The Hall–Kier alpha value is -1.88. The van der Waals surface area contributed by atoms with E-state index in [0.717, 1.165) is 25.3 Å². The number of hydrogen-bond acceptors (Lipinski definition) is 3. The van der Waals surface area contributed by atoms with Gasteiger partial charge in [0.15, 0.2) is 0 Å². The molecule has 1 amide bonds. The van der Waals surface area contributed by atoms with Crippen LogP contribution in [0.3, 0.4) is 0 Å². The summed E-state index contributed by atoms with van der Waals surface area (Å²) in [6, 6.07) is 6.27. The Labute approximate surface area is 160 Å². The quantitative estimate of drug-likeness (QED) is 0.906. The number of amides is 1. The molecule has 1 spiro atoms. The number of carbonyl (C=O) groups is 1. The molecule has 1 N–H and O–H groups in total. The van der Waals surface area contributed by atoms with Crippen molar-refractivity contribution >= 4 is 16.9 Å². The zero-order valence-corrected chi connectivity index (χ0v) is 16.1. The molecule has 2 aromatic rings. The molecule has 0 aromatic carbocycles. The highest BCUT2D eigenvalue weighted by molar-refractivity contribution is 5.81. The molecule has 144 valence electrons. The van der Waals surface area contributed by atoms with Crippen LogP contribution in [-0.4, -0.2) is 44.2 Å². The van der Waals surface area contributed by atoms with Gasteiger partial charge in [-0.3, -0.25) is 4.79 Å². The van der Waals surface area contributed by atoms with E-state index in [2.05, 4.69) is 27.9 Å². The van der Waals surface area contributed by atoms with Gasteiger partial charge in [0, 0.05) is 48.7 Å². The Kier molecular flexibility index (Phi) is 3.87. The van der Waals surface area contributed by atoms with Gasteiger partial charge in [-0.25, -0.2) is 4.98 Å². The number of nitrogens with zero attached hydrogens (tertiary/aromatic N) is 3. The molecule has 2 aliphatic carbocycles. The average molecular weight is 367 g/mol. The lowest BCUT2D eigenvalue weighted by molar-refractivity contribution is -0.164. The third-order valence-electron chi connectivity index (χ3n) is 7.23. The first-order valence-corrected chi connectivity index (χ1v) is 10.3. The van der Waals surface area contributed by atoms with Crippen molar-refractivity contribution in [3.05, 3.63) is 30.6 Å². The molecule has 27 heavy (non-hydrogen) atoms. The van der Waals surface area contributed by atoms with Crippen molar-refractivity contribution in [1.29, 1.82) is 0 Å². The summed E-state index contributed by atoms with van der Waals surface area (Å²) in [7, 11) is 0. The van der Waals surface area contributed by atoms with Crippen LogP contribution in [0.25, 0.3) is 11.0 Å². The van der Waals surface area contributed by atoms with Gasteiger partial charge in [-0.2, -0.15) is 0 Å². The number of rotatable bonds is 3. The topological polar surface area (TPSA) is 58.4 Å². The van der Waals surface area contributed by atoms with Crippen molar-refractivity contribution in [2.45, 2.75) is 57.6 Å². The number of aliphatic hydroxyl groups is 1. The molecular formula is C22H29N3O2. The second-order valence-electron chi connectivity index (χ2n) is 9.62. The molecule has 5 heteroatoms. The zero-order valence-electron chi connectivity index (χ0n) is 16.1. The van der Waals surface area contributed by atoms with Crippen molar-refractivity contribution in [1.82, 2.24) is 14.5 Å². The van der Waals surface area contributed by atoms with Crippen LogP contribution >= 0.6 is 0 Å². The summed E-state index contributed by atoms with van der Waals surface area (Å²) in [5, 5.41) is 11.1. The molecule has 0 atom stereocenters. The van der Waals surface area contributed by atoms with Crippen LogP contribution in [-0.2, 0) is 11.3 Å². The molecule has 0 bridgehead atoms. The maximum Gasteiger partial charge on any atom is 0.225 e. The maximum atomic E-state index is 12.5. The van der Waals surface area contributed by atoms with Crippen LogP contribution in [0.1, 0.15) is 45.4 Å². The molecule has 3 heterocycles. The van der Waals surface area contributed by atoms with E-state index in [9.17, 15) is 9.90 Å². The van der Waals surface area contributed by atoms with Gasteiger partial charge in [0.05, 0.1) is 5.60 Å². The largest absolute Gasteiger partial charge is 0.390 e. The Morgan fingerprint density at radius 1 is 1.26 bits per heavy atom. The van der Waals surface area contributed by atoms with Gasteiger partial charge in [-0.1, -0.05) is 0 Å². The predicted molar refractivity (Wildman–Crippen MR) is 104 cm³/mol. The fourth-order valence-corrected chi connectivity index (χ4v) is 5.59. The van der Waals surface area contributed by atoms with E-state index in [0.29, 0.717) is 24.2 Å². The Bertz CT molecular complexity index is 847. The molecule has 1 saturated heterocycles. The van der Waals surface area contributed by atoms with Crippen LogP contribution < -0.4 is 0 Å². The molecule has 3 fully saturated rings. The van der Waals surface area contributed by atoms with Gasteiger partial charge in [-0.15, -0.1) is 0 Å². The lowest BCUT2D eigenvalue weighted by Gasteiger charge is -2.55. The lowest BCUT2D eigenvalue weighted by Crippen LogP contribution is -2.62. The molecule has 1 aliphatic heterocycles. The minimum Gasteiger partial charge on any atom is -0.390 e. The molecule has 2 aromatic heterocycles. The second kappa shape index (κ2) is 6.06. The monoisotopic (exact) mass is 367 g/mol. The van der Waals surface area contributed by atoms with Gasteiger partial charge in [-0.05, 0) is 69.6 Å². The van der Waals surface area contributed by atoms with Crippen molar-refractivity contribution in [3.8, 4) is 0 Å². The highest BCUT2D eigenvalue weighted by Crippen LogP contribution is 2.48. The van der Waals surface area contributed by atoms with Crippen LogP contribution in [0.4, 0.5) is 0 Å². The van der Waals surface area contributed by atoms with Gasteiger partial charge >= 0.3 is 0 Å². The summed E-state index contributed by atoms with van der Waals surface area (Å²) in [6.07, 6.45) is 10.3. The predicted octanol–water partition coefficient (Wildman–Crippen LogP) is 3.22. The van der Waals surface area contributed by atoms with Crippen molar-refractivity contribution in [3.63, 3.8) is 0 Å². The first-order chi connectivity index (χ1) is 12.9. The number of hydrogen-bond donors (Lipinski definition) is 1. The van der Waals surface area contributed by atoms with Crippen molar-refractivity contribution in [2.24, 2.45) is 17.3 Å². The highest BCUT2D eigenvalue weighted by atomic mass is 16.3. The van der Waals surface area contributed by atoms with E-state index in [1.165, 1.54) is 31.1 Å². The van der Waals surface area contributed by atoms with E-state index >= 15 is 0 Å². The molecule has 5 nitrogen and oxygen atoms in total. The van der Waals surface area contributed by atoms with Crippen LogP contribution in [0.15, 0.2) is 30.6 Å². The maximum absolute atomic E-state index is 12.5. The number of likely N-dealkylation sites (tertiary alicyclic amines) is 1. The fraction of sp³-hybridized carbons (Fsp3) is 0.636. The second-order valence-corrected chi connectivity index (χ2v) is 9.62. The first kappa shape index (κ1) is 17.2. The summed E-state index contributed by atoms with van der Waals surface area (Å²) in [6.45, 7) is 4.76. The van der Waals surface area contributed by atoms with Gasteiger partial charge in [0.2, 0.25) is 5.91 Å². The average Bonchev–Trinajstić information content (AvgIpc) is 3.01. The van der Waals surface area contributed by atoms with Crippen LogP contribution in [0.5, 0.6) is 0 Å². The molecule has 0 radical (unpaired) electrons. The third-order valence-corrected chi connectivity index (χ3v) is 7.23. The van der Waals surface area contributed by atoms with Crippen LogP contribution in [0.2, 0.25) is 0 Å². The number of fused-ring (bicyclic) bond motifs is 1. The number of aromatic nitrogens is 2. The molecule has 5 rings (SSSR count). The molecule has 3 aliphatic rings. The van der Waals surface area contributed by atoms with Crippen molar-refractivity contribution in [2.75, 3.05) is 13.1 Å². The van der Waals surface area contributed by atoms with E-state index in [1.54, 1.807) is 0 Å². The smallest absolute Gasteiger partial charge is 0.225 e. The molecule has 0 unspecified atom stereocenters. The first-order valence-electron chi connectivity index (χ1n) is 10.3. The summed E-state index contributed by atoms with van der Waals surface area (Å²) in [4.78, 5) is 19.1. The van der Waals surface area contributed by atoms with Gasteiger partial charge in [0.25, 0.3) is 0 Å². The van der Waals surface area contributed by atoms with E-state index in [4.69, 9.17) is 0 Å². The highest BCUT2D eigenvalue weighted by Gasteiger charge is 2.51. The molecule has 2 saturated carbocycles. The summed E-state index contributed by atoms with van der Waals surface area (Å²) in [5.74, 6) is 1.04. The minimum absolute atomic E-state index is 0.0585. The Morgan fingerprint density at radius 3 is 2.70 bits per heavy atom. The SMILES string of the molecule is CC1(O)CC(C(=O)N2CC3(CCC(Cn4ccc5cccnc54)CC3)C2)C1. The van der Waals surface area contributed by atoms with E-state index in [1.807, 2.05) is 24.1 Å². The standard InChI is InChI=1S/C22H29N3O2/c1-21(27)11-18(12-21)20(26)25-14-22(15-25)7-4-16(5-8-22)13-24-10-6-17-3-2-9-23-19(17)24/h2-3,6,9-10,16,18,27H,4-5,7-8,11-15H2,1H3. The molecular weight excluding hydrogens is 338 g/mol. The van der Waals surface area contributed by atoms with Crippen LogP contribution in [0, 0.1) is 17.3 Å². The lowest BCUT2D eigenvalue weighted by atomic mass is 9.64. The number of pyridine rings is 1. The summed E-state index contributed by atoms with van der Waals surface area (Å²) < 4.78 is 2.30. The zero-order chi connectivity index (χ0) is 18.6. The Morgan fingerprint density at radius 2 is 2.00 bits per heavy atom. The summed E-state index contributed by atoms with van der Waals surface area (Å²) >= 11 is 0. The van der Waals surface area contributed by atoms with E-state index < -0.39 is 5.60 Å². The minimum atomic E-state index is -0.613. The van der Waals surface area contributed by atoms with Gasteiger partial charge < -0.3 is 14.6 Å². The van der Waals surface area contributed by atoms with Gasteiger partial charge in [0.1, 0.15) is 5.65 Å². The Balaban J connectivity index is 1.13. The summed E-state index contributed by atoms with van der Waals surface area (Å²) in [5.41, 5.74) is 0.850. The number of carbonyl (C=O) groups excluding carboxylic acids is 1. The van der Waals surface area contributed by atoms with E-state index in [-0.39, 0.29) is 11.8 Å². The van der Waals surface area contributed by atoms with Crippen molar-refractivity contribution < 1.29 is 9.90 Å².